The number of hydrogen-bond donors (Lipinski definition) is 1. The molecule has 140 valence electrons. The normalized spacial score (nSPS) is 16.4. The van der Waals surface area contributed by atoms with Crippen LogP contribution in [0.1, 0.15) is 45.2 Å². The highest BCUT2D eigenvalue weighted by atomic mass is 32.2. The number of nitrogens with zero attached hydrogens (tertiary/aromatic N) is 1. The van der Waals surface area contributed by atoms with Crippen molar-refractivity contribution < 1.29 is 17.9 Å². The van der Waals surface area contributed by atoms with E-state index in [1.54, 1.807) is 17.0 Å². The Morgan fingerprint density at radius 3 is 2.52 bits per heavy atom. The summed E-state index contributed by atoms with van der Waals surface area (Å²) < 4.78 is 33.0. The number of fused-ring (bicyclic) bond motifs is 1. The van der Waals surface area contributed by atoms with Gasteiger partial charge in [-0.05, 0) is 64.3 Å². The number of rotatable bonds is 8. The van der Waals surface area contributed by atoms with Crippen LogP contribution in [0.2, 0.25) is 0 Å². The van der Waals surface area contributed by atoms with E-state index in [-0.39, 0.29) is 10.8 Å². The number of hydrogen-bond acceptors (Lipinski definition) is 4. The molecule has 1 aliphatic rings. The molecule has 1 aromatic carbocycles. The molecule has 0 spiro atoms. The molecule has 0 saturated carbocycles. The summed E-state index contributed by atoms with van der Waals surface area (Å²) in [5.74, 6) is 0.00678. The highest BCUT2D eigenvalue weighted by Gasteiger charge is 2.44. The molecule has 0 unspecified atom stereocenters. The molecule has 0 aromatic heterocycles. The van der Waals surface area contributed by atoms with Crippen molar-refractivity contribution >= 4 is 21.6 Å². The van der Waals surface area contributed by atoms with Crippen LogP contribution in [0.4, 0.5) is 5.69 Å². The van der Waals surface area contributed by atoms with Gasteiger partial charge in [0.1, 0.15) is 0 Å². The van der Waals surface area contributed by atoms with Crippen molar-refractivity contribution in [1.82, 2.24) is 4.72 Å². The van der Waals surface area contributed by atoms with Crippen molar-refractivity contribution in [3.63, 3.8) is 0 Å². The molecule has 0 aliphatic carbocycles. The number of aryl methyl sites for hydroxylation is 1. The van der Waals surface area contributed by atoms with Gasteiger partial charge in [-0.1, -0.05) is 0 Å². The van der Waals surface area contributed by atoms with Crippen LogP contribution in [0.5, 0.6) is 0 Å². The van der Waals surface area contributed by atoms with Crippen LogP contribution >= 0.6 is 0 Å². The van der Waals surface area contributed by atoms with E-state index in [2.05, 4.69) is 4.72 Å². The van der Waals surface area contributed by atoms with Gasteiger partial charge in [0.05, 0.1) is 16.0 Å². The van der Waals surface area contributed by atoms with Gasteiger partial charge in [-0.3, -0.25) is 4.79 Å². The third-order valence-electron chi connectivity index (χ3n) is 4.59. The number of carbonyl (C=O) groups is 1. The van der Waals surface area contributed by atoms with Crippen molar-refractivity contribution in [2.75, 3.05) is 31.2 Å². The molecule has 0 saturated heterocycles. The average molecular weight is 368 g/mol. The number of benzene rings is 1. The zero-order valence-corrected chi connectivity index (χ0v) is 16.5. The topological polar surface area (TPSA) is 75.7 Å². The Morgan fingerprint density at radius 2 is 1.92 bits per heavy atom. The first kappa shape index (κ1) is 19.9. The van der Waals surface area contributed by atoms with Gasteiger partial charge >= 0.3 is 0 Å². The monoisotopic (exact) mass is 368 g/mol. The molecule has 1 aliphatic heterocycles. The predicted molar refractivity (Wildman–Crippen MR) is 98.5 cm³/mol. The fourth-order valence-corrected chi connectivity index (χ4v) is 4.39. The van der Waals surface area contributed by atoms with Crippen LogP contribution in [0.3, 0.4) is 0 Å². The maximum atomic E-state index is 12.6. The number of nitrogens with one attached hydrogen (secondary N) is 1. The number of anilines is 1. The van der Waals surface area contributed by atoms with Crippen molar-refractivity contribution in [2.24, 2.45) is 0 Å². The van der Waals surface area contributed by atoms with Gasteiger partial charge < -0.3 is 9.64 Å². The van der Waals surface area contributed by atoms with Gasteiger partial charge in [-0.2, -0.15) is 0 Å². The second-order valence-electron chi connectivity index (χ2n) is 6.76. The summed E-state index contributed by atoms with van der Waals surface area (Å²) in [5.41, 5.74) is 1.69. The molecule has 0 radical (unpaired) electrons. The Morgan fingerprint density at radius 1 is 1.24 bits per heavy atom. The molecular formula is C18H28N2O4S. The van der Waals surface area contributed by atoms with Crippen molar-refractivity contribution in [3.05, 3.63) is 23.3 Å². The summed E-state index contributed by atoms with van der Waals surface area (Å²) in [7, 11) is -3.62. The maximum Gasteiger partial charge on any atom is 0.240 e. The Balaban J connectivity index is 2.32. The zero-order valence-electron chi connectivity index (χ0n) is 15.7. The van der Waals surface area contributed by atoms with Gasteiger partial charge in [-0.15, -0.1) is 0 Å². The highest BCUT2D eigenvalue weighted by molar-refractivity contribution is 7.89. The number of sulfonamides is 1. The summed E-state index contributed by atoms with van der Waals surface area (Å²) >= 11 is 0. The molecule has 7 heteroatoms. The van der Waals surface area contributed by atoms with Crippen LogP contribution in [0.15, 0.2) is 17.0 Å². The van der Waals surface area contributed by atoms with E-state index in [9.17, 15) is 13.2 Å². The Bertz CT molecular complexity index is 757. The number of likely N-dealkylation sites (N-methyl/N-ethyl adjacent to an activating group) is 1. The first-order valence-electron chi connectivity index (χ1n) is 8.71. The molecule has 0 fully saturated rings. The standard InChI is InChI=1S/C18H28N2O4S/c1-6-20-16-13(3)11-14(12-15(16)18(4,5)17(20)21)25(22,23)19-9-8-10-24-7-2/h11-12,19H,6-10H2,1-5H3. The summed E-state index contributed by atoms with van der Waals surface area (Å²) in [6.45, 7) is 11.4. The second-order valence-corrected chi connectivity index (χ2v) is 8.53. The first-order chi connectivity index (χ1) is 11.7. The maximum absolute atomic E-state index is 12.6. The predicted octanol–water partition coefficient (Wildman–Crippen LogP) is 2.34. The quantitative estimate of drug-likeness (QED) is 0.715. The van der Waals surface area contributed by atoms with Crippen LogP contribution in [0, 0.1) is 6.92 Å². The van der Waals surface area contributed by atoms with Crippen LogP contribution < -0.4 is 9.62 Å². The Hall–Kier alpha value is -1.44. The van der Waals surface area contributed by atoms with Gasteiger partial charge in [0.25, 0.3) is 0 Å². The summed E-state index contributed by atoms with van der Waals surface area (Å²) in [6, 6.07) is 3.28. The number of carbonyl (C=O) groups excluding carboxylic acids is 1. The van der Waals surface area contributed by atoms with Crippen molar-refractivity contribution in [2.45, 2.75) is 51.3 Å². The molecule has 1 N–H and O–H groups in total. The van der Waals surface area contributed by atoms with E-state index in [0.29, 0.717) is 32.7 Å². The number of amides is 1. The minimum absolute atomic E-state index is 0.00678. The smallest absolute Gasteiger partial charge is 0.240 e. The molecule has 25 heavy (non-hydrogen) atoms. The third-order valence-corrected chi connectivity index (χ3v) is 6.03. The molecular weight excluding hydrogens is 340 g/mol. The van der Waals surface area contributed by atoms with E-state index in [0.717, 1.165) is 16.8 Å². The van der Waals surface area contributed by atoms with Crippen LogP contribution in [-0.4, -0.2) is 40.6 Å². The minimum Gasteiger partial charge on any atom is -0.382 e. The second kappa shape index (κ2) is 7.43. The molecule has 1 heterocycles. The lowest BCUT2D eigenvalue weighted by Crippen LogP contribution is -2.36. The van der Waals surface area contributed by atoms with Gasteiger partial charge in [0.15, 0.2) is 0 Å². The van der Waals surface area contributed by atoms with E-state index in [1.807, 2.05) is 34.6 Å². The lowest BCUT2D eigenvalue weighted by atomic mass is 9.85. The largest absolute Gasteiger partial charge is 0.382 e. The molecule has 1 aromatic rings. The van der Waals surface area contributed by atoms with Crippen molar-refractivity contribution in [1.29, 1.82) is 0 Å². The fraction of sp³-hybridized carbons (Fsp3) is 0.611. The first-order valence-corrected chi connectivity index (χ1v) is 10.2. The zero-order chi connectivity index (χ0) is 18.8. The molecule has 2 rings (SSSR count). The van der Waals surface area contributed by atoms with Crippen LogP contribution in [-0.2, 0) is 25.0 Å². The van der Waals surface area contributed by atoms with E-state index < -0.39 is 15.4 Å². The average Bonchev–Trinajstić information content (AvgIpc) is 2.75. The van der Waals surface area contributed by atoms with Gasteiger partial charge in [0, 0.05) is 26.3 Å². The summed E-state index contributed by atoms with van der Waals surface area (Å²) in [6.07, 6.45) is 0.616. The molecule has 0 bridgehead atoms. The Kier molecular flexibility index (Phi) is 5.91. The highest BCUT2D eigenvalue weighted by Crippen LogP contribution is 2.44. The van der Waals surface area contributed by atoms with Crippen LogP contribution in [0.25, 0.3) is 0 Å². The van der Waals surface area contributed by atoms with Gasteiger partial charge in [0.2, 0.25) is 15.9 Å². The minimum atomic E-state index is -3.62. The summed E-state index contributed by atoms with van der Waals surface area (Å²) in [5, 5.41) is 0. The molecule has 1 amide bonds. The lowest BCUT2D eigenvalue weighted by Gasteiger charge is -2.18. The summed E-state index contributed by atoms with van der Waals surface area (Å²) in [4.78, 5) is 14.6. The number of ether oxygens (including phenoxy) is 1. The molecule has 0 atom stereocenters. The fourth-order valence-electron chi connectivity index (χ4n) is 3.20. The van der Waals surface area contributed by atoms with E-state index in [4.69, 9.17) is 4.74 Å². The van der Waals surface area contributed by atoms with Crippen molar-refractivity contribution in [3.8, 4) is 0 Å². The Labute approximate surface area is 150 Å². The molecule has 6 nitrogen and oxygen atoms in total. The van der Waals surface area contributed by atoms with E-state index >= 15 is 0 Å². The third kappa shape index (κ3) is 3.73. The van der Waals surface area contributed by atoms with E-state index in [1.165, 1.54) is 0 Å². The van der Waals surface area contributed by atoms with Gasteiger partial charge in [-0.25, -0.2) is 13.1 Å². The lowest BCUT2D eigenvalue weighted by molar-refractivity contribution is -0.122. The SMILES string of the molecule is CCOCCCNS(=O)(=O)c1cc(C)c2c(c1)C(C)(C)C(=O)N2CC.